The van der Waals surface area contributed by atoms with E-state index in [0.717, 1.165) is 5.56 Å². The van der Waals surface area contributed by atoms with E-state index in [4.69, 9.17) is 10.00 Å². The molecule has 0 saturated heterocycles. The number of ether oxygens (including phenoxy) is 1. The molecule has 5 heteroatoms. The SMILES string of the molecule is COc1ccc(=O)n(Cc2ccccc2C#N)n1. The van der Waals surface area contributed by atoms with E-state index in [2.05, 4.69) is 11.2 Å². The second-order valence-corrected chi connectivity index (χ2v) is 3.64. The highest BCUT2D eigenvalue weighted by atomic mass is 16.5. The largest absolute Gasteiger partial charge is 0.480 e. The summed E-state index contributed by atoms with van der Waals surface area (Å²) < 4.78 is 6.24. The van der Waals surface area contributed by atoms with Gasteiger partial charge in [-0.25, -0.2) is 4.68 Å². The molecule has 0 bridgehead atoms. The number of benzene rings is 1. The van der Waals surface area contributed by atoms with Crippen LogP contribution in [0, 0.1) is 11.3 Å². The zero-order valence-corrected chi connectivity index (χ0v) is 9.83. The standard InChI is InChI=1S/C13H11N3O2/c1-18-12-6-7-13(17)16(15-12)9-11-5-3-2-4-10(11)8-14/h2-7H,9H2,1H3. The van der Waals surface area contributed by atoms with Crippen LogP contribution in [-0.2, 0) is 6.54 Å². The highest BCUT2D eigenvalue weighted by Crippen LogP contribution is 2.08. The van der Waals surface area contributed by atoms with Crippen molar-refractivity contribution in [1.82, 2.24) is 9.78 Å². The van der Waals surface area contributed by atoms with Gasteiger partial charge in [-0.05, 0) is 11.6 Å². The van der Waals surface area contributed by atoms with Crippen LogP contribution in [0.3, 0.4) is 0 Å². The first-order valence-corrected chi connectivity index (χ1v) is 5.35. The Bertz CT molecular complexity index is 656. The average molecular weight is 241 g/mol. The fraction of sp³-hybridized carbons (Fsp3) is 0.154. The van der Waals surface area contributed by atoms with Crippen LogP contribution in [0.4, 0.5) is 0 Å². The molecular weight excluding hydrogens is 230 g/mol. The van der Waals surface area contributed by atoms with Crippen molar-refractivity contribution in [3.63, 3.8) is 0 Å². The van der Waals surface area contributed by atoms with Crippen molar-refractivity contribution in [1.29, 1.82) is 5.26 Å². The van der Waals surface area contributed by atoms with Gasteiger partial charge in [-0.2, -0.15) is 5.26 Å². The molecule has 0 saturated carbocycles. The third-order valence-electron chi connectivity index (χ3n) is 2.51. The minimum Gasteiger partial charge on any atom is -0.480 e. The number of nitrogens with zero attached hydrogens (tertiary/aromatic N) is 3. The molecular formula is C13H11N3O2. The minimum atomic E-state index is -0.233. The van der Waals surface area contributed by atoms with Gasteiger partial charge in [-0.3, -0.25) is 4.79 Å². The lowest BCUT2D eigenvalue weighted by atomic mass is 10.1. The summed E-state index contributed by atoms with van der Waals surface area (Å²) in [5, 5.41) is 13.0. The number of hydrogen-bond acceptors (Lipinski definition) is 4. The van der Waals surface area contributed by atoms with Crippen LogP contribution >= 0.6 is 0 Å². The first-order valence-electron chi connectivity index (χ1n) is 5.35. The van der Waals surface area contributed by atoms with Crippen LogP contribution in [0.2, 0.25) is 0 Å². The molecule has 0 aliphatic carbocycles. The van der Waals surface area contributed by atoms with Crippen LogP contribution in [0.15, 0.2) is 41.2 Å². The van der Waals surface area contributed by atoms with Gasteiger partial charge in [0.05, 0.1) is 25.3 Å². The first kappa shape index (κ1) is 11.9. The second-order valence-electron chi connectivity index (χ2n) is 3.64. The average Bonchev–Trinajstić information content (AvgIpc) is 2.42. The lowest BCUT2D eigenvalue weighted by molar-refractivity contribution is 0.379. The lowest BCUT2D eigenvalue weighted by Gasteiger charge is -2.07. The zero-order chi connectivity index (χ0) is 13.0. The van der Waals surface area contributed by atoms with Gasteiger partial charge in [-0.15, -0.1) is 5.10 Å². The normalized spacial score (nSPS) is 9.78. The molecule has 1 aromatic carbocycles. The van der Waals surface area contributed by atoms with Gasteiger partial charge < -0.3 is 4.74 Å². The molecule has 0 aliphatic heterocycles. The van der Waals surface area contributed by atoms with E-state index in [-0.39, 0.29) is 12.1 Å². The van der Waals surface area contributed by atoms with E-state index in [1.807, 2.05) is 6.07 Å². The molecule has 90 valence electrons. The number of methoxy groups -OCH3 is 1. The highest BCUT2D eigenvalue weighted by Gasteiger charge is 2.05. The van der Waals surface area contributed by atoms with E-state index in [1.54, 1.807) is 18.2 Å². The summed E-state index contributed by atoms with van der Waals surface area (Å²) in [6, 6.07) is 12.1. The van der Waals surface area contributed by atoms with Crippen LogP contribution in [0.5, 0.6) is 5.88 Å². The van der Waals surface area contributed by atoms with Crippen molar-refractivity contribution >= 4 is 0 Å². The summed E-state index contributed by atoms with van der Waals surface area (Å²) >= 11 is 0. The Labute approximate surface area is 104 Å². The summed E-state index contributed by atoms with van der Waals surface area (Å²) in [6.07, 6.45) is 0. The molecule has 0 fully saturated rings. The molecule has 1 aromatic heterocycles. The van der Waals surface area contributed by atoms with Crippen molar-refractivity contribution in [2.75, 3.05) is 7.11 Å². The molecule has 5 nitrogen and oxygen atoms in total. The highest BCUT2D eigenvalue weighted by molar-refractivity contribution is 5.37. The molecule has 0 unspecified atom stereocenters. The Kier molecular flexibility index (Phi) is 3.39. The van der Waals surface area contributed by atoms with Crippen LogP contribution in [-0.4, -0.2) is 16.9 Å². The van der Waals surface area contributed by atoms with Gasteiger partial charge in [0.15, 0.2) is 0 Å². The van der Waals surface area contributed by atoms with Gasteiger partial charge >= 0.3 is 0 Å². The monoisotopic (exact) mass is 241 g/mol. The molecule has 2 rings (SSSR count). The number of hydrogen-bond donors (Lipinski definition) is 0. The van der Waals surface area contributed by atoms with Gasteiger partial charge in [-0.1, -0.05) is 18.2 Å². The topological polar surface area (TPSA) is 67.9 Å². The second kappa shape index (κ2) is 5.15. The number of nitriles is 1. The number of rotatable bonds is 3. The van der Waals surface area contributed by atoms with E-state index in [0.29, 0.717) is 11.4 Å². The predicted molar refractivity (Wildman–Crippen MR) is 65.3 cm³/mol. The van der Waals surface area contributed by atoms with Crippen molar-refractivity contribution in [3.8, 4) is 11.9 Å². The molecule has 0 atom stereocenters. The summed E-state index contributed by atoms with van der Waals surface area (Å²) in [7, 11) is 1.49. The minimum absolute atomic E-state index is 0.233. The summed E-state index contributed by atoms with van der Waals surface area (Å²) in [5.74, 6) is 0.365. The molecule has 18 heavy (non-hydrogen) atoms. The van der Waals surface area contributed by atoms with Gasteiger partial charge in [0.25, 0.3) is 5.56 Å². The van der Waals surface area contributed by atoms with E-state index < -0.39 is 0 Å². The molecule has 0 aliphatic rings. The van der Waals surface area contributed by atoms with Crippen LogP contribution < -0.4 is 10.3 Å². The zero-order valence-electron chi connectivity index (χ0n) is 9.83. The Balaban J connectivity index is 2.40. The van der Waals surface area contributed by atoms with Gasteiger partial charge in [0.2, 0.25) is 5.88 Å². The van der Waals surface area contributed by atoms with Crippen molar-refractivity contribution < 1.29 is 4.74 Å². The van der Waals surface area contributed by atoms with Gasteiger partial charge in [0, 0.05) is 12.1 Å². The third-order valence-corrected chi connectivity index (χ3v) is 2.51. The maximum absolute atomic E-state index is 11.7. The summed E-state index contributed by atoms with van der Waals surface area (Å²) in [6.45, 7) is 0.250. The maximum atomic E-state index is 11.7. The fourth-order valence-electron chi connectivity index (χ4n) is 1.58. The van der Waals surface area contributed by atoms with Crippen LogP contribution in [0.25, 0.3) is 0 Å². The van der Waals surface area contributed by atoms with Crippen molar-refractivity contribution in [3.05, 3.63) is 57.9 Å². The molecule has 1 heterocycles. The Hall–Kier alpha value is -2.61. The van der Waals surface area contributed by atoms with E-state index in [9.17, 15) is 4.79 Å². The fourth-order valence-corrected chi connectivity index (χ4v) is 1.58. The lowest BCUT2D eigenvalue weighted by Crippen LogP contribution is -2.23. The summed E-state index contributed by atoms with van der Waals surface area (Å²) in [5.41, 5.74) is 1.06. The molecule has 0 amide bonds. The van der Waals surface area contributed by atoms with Crippen LogP contribution in [0.1, 0.15) is 11.1 Å². The predicted octanol–water partition coefficient (Wildman–Crippen LogP) is 1.17. The Morgan fingerprint density at radius 1 is 1.33 bits per heavy atom. The third kappa shape index (κ3) is 2.38. The van der Waals surface area contributed by atoms with E-state index >= 15 is 0 Å². The summed E-state index contributed by atoms with van der Waals surface area (Å²) in [4.78, 5) is 11.7. The molecule has 0 radical (unpaired) electrons. The van der Waals surface area contributed by atoms with E-state index in [1.165, 1.54) is 23.9 Å². The smallest absolute Gasteiger partial charge is 0.267 e. The quantitative estimate of drug-likeness (QED) is 0.809. The molecule has 0 N–H and O–H groups in total. The molecule has 2 aromatic rings. The van der Waals surface area contributed by atoms with Gasteiger partial charge in [0.1, 0.15) is 0 Å². The maximum Gasteiger partial charge on any atom is 0.267 e. The Morgan fingerprint density at radius 3 is 2.83 bits per heavy atom. The number of aromatic nitrogens is 2. The molecule has 0 spiro atoms. The Morgan fingerprint density at radius 2 is 2.11 bits per heavy atom. The first-order chi connectivity index (χ1) is 8.74. The van der Waals surface area contributed by atoms with Crippen molar-refractivity contribution in [2.45, 2.75) is 6.54 Å². The van der Waals surface area contributed by atoms with Crippen molar-refractivity contribution in [2.24, 2.45) is 0 Å².